The van der Waals surface area contributed by atoms with Crippen molar-refractivity contribution in [2.24, 2.45) is 5.92 Å². The monoisotopic (exact) mass is 469 g/mol. The lowest BCUT2D eigenvalue weighted by molar-refractivity contribution is 0.0734. The van der Waals surface area contributed by atoms with Crippen LogP contribution in [0.1, 0.15) is 85.7 Å². The van der Waals surface area contributed by atoms with E-state index in [4.69, 9.17) is 10.00 Å². The maximum atomic E-state index is 13.3. The fourth-order valence-electron chi connectivity index (χ4n) is 5.05. The molecule has 0 amide bonds. The van der Waals surface area contributed by atoms with Crippen LogP contribution < -0.4 is 4.74 Å². The Hall–Kier alpha value is -3.45. The quantitative estimate of drug-likeness (QED) is 0.189. The molecule has 3 nitrogen and oxygen atoms in total. The van der Waals surface area contributed by atoms with Gasteiger partial charge in [-0.3, -0.25) is 0 Å². The molecule has 1 aliphatic carbocycles. The van der Waals surface area contributed by atoms with Crippen LogP contribution in [0.25, 0.3) is 11.1 Å². The summed E-state index contributed by atoms with van der Waals surface area (Å²) in [6.07, 6.45) is 10.7. The molecule has 35 heavy (non-hydrogen) atoms. The van der Waals surface area contributed by atoms with Gasteiger partial charge in [-0.05, 0) is 84.5 Å². The molecule has 0 atom stereocenters. The van der Waals surface area contributed by atoms with Gasteiger partial charge in [0.25, 0.3) is 0 Å². The molecule has 0 heterocycles. The summed E-state index contributed by atoms with van der Waals surface area (Å²) in [5, 5.41) is 9.13. The Labute approximate surface area is 207 Å². The van der Waals surface area contributed by atoms with E-state index < -0.39 is 11.8 Å². The lowest BCUT2D eigenvalue weighted by Gasteiger charge is -2.29. The molecular formula is C31H32FNO2. The van der Waals surface area contributed by atoms with Gasteiger partial charge in [-0.15, -0.1) is 0 Å². The Bertz CT molecular complexity index is 1170. The number of esters is 1. The average molecular weight is 470 g/mol. The Morgan fingerprint density at radius 2 is 1.60 bits per heavy atom. The van der Waals surface area contributed by atoms with Gasteiger partial charge in [-0.1, -0.05) is 69.0 Å². The standard InChI is InChI=1S/C31H32FNO2/c1-2-3-4-5-22-6-8-23(9-7-22)24-10-12-25(13-11-24)26-14-16-27(17-15-26)31(34)35-30-19-18-29(32)20-28(30)21-33/h10-20,22-23H,2-9H2,1H3. The first-order valence-corrected chi connectivity index (χ1v) is 12.7. The van der Waals surface area contributed by atoms with Gasteiger partial charge in [0.1, 0.15) is 17.6 Å². The molecule has 0 aromatic heterocycles. The van der Waals surface area contributed by atoms with Gasteiger partial charge in [0, 0.05) is 0 Å². The molecule has 4 rings (SSSR count). The van der Waals surface area contributed by atoms with Gasteiger partial charge in [0.2, 0.25) is 0 Å². The first-order valence-electron chi connectivity index (χ1n) is 12.7. The molecule has 0 radical (unpaired) electrons. The molecule has 3 aromatic carbocycles. The molecule has 0 bridgehead atoms. The maximum absolute atomic E-state index is 13.3. The van der Waals surface area contributed by atoms with Crippen LogP contribution in [0.4, 0.5) is 4.39 Å². The lowest BCUT2D eigenvalue weighted by Crippen LogP contribution is -2.13. The summed E-state index contributed by atoms with van der Waals surface area (Å²) in [6, 6.07) is 21.4. The van der Waals surface area contributed by atoms with Crippen molar-refractivity contribution in [3.8, 4) is 22.9 Å². The van der Waals surface area contributed by atoms with E-state index in [9.17, 15) is 9.18 Å². The van der Waals surface area contributed by atoms with Gasteiger partial charge in [0.05, 0.1) is 11.1 Å². The van der Waals surface area contributed by atoms with E-state index in [1.165, 1.54) is 63.0 Å². The number of halogens is 1. The van der Waals surface area contributed by atoms with Crippen LogP contribution >= 0.6 is 0 Å². The van der Waals surface area contributed by atoms with E-state index in [0.717, 1.165) is 29.2 Å². The molecule has 3 aromatic rings. The fraction of sp³-hybridized carbons (Fsp3) is 0.355. The Balaban J connectivity index is 1.35. The van der Waals surface area contributed by atoms with Crippen LogP contribution in [-0.4, -0.2) is 5.97 Å². The average Bonchev–Trinajstić information content (AvgIpc) is 2.90. The van der Waals surface area contributed by atoms with Crippen molar-refractivity contribution in [3.63, 3.8) is 0 Å². The highest BCUT2D eigenvalue weighted by Crippen LogP contribution is 2.38. The predicted octanol–water partition coefficient (Wildman–Crippen LogP) is 8.44. The van der Waals surface area contributed by atoms with Crippen LogP contribution in [0.5, 0.6) is 5.75 Å². The highest BCUT2D eigenvalue weighted by atomic mass is 19.1. The molecule has 0 N–H and O–H groups in total. The number of ether oxygens (including phenoxy) is 1. The number of benzene rings is 3. The summed E-state index contributed by atoms with van der Waals surface area (Å²) < 4.78 is 18.6. The predicted molar refractivity (Wildman–Crippen MR) is 137 cm³/mol. The zero-order valence-corrected chi connectivity index (χ0v) is 20.3. The number of carbonyl (C=O) groups excluding carboxylic acids is 1. The van der Waals surface area contributed by atoms with Crippen molar-refractivity contribution in [2.75, 3.05) is 0 Å². The van der Waals surface area contributed by atoms with Crippen LogP contribution in [0.15, 0.2) is 66.7 Å². The van der Waals surface area contributed by atoms with Crippen LogP contribution in [0.2, 0.25) is 0 Å². The van der Waals surface area contributed by atoms with E-state index in [-0.39, 0.29) is 11.3 Å². The third-order valence-electron chi connectivity index (χ3n) is 7.16. The molecular weight excluding hydrogens is 437 g/mol. The number of unbranched alkanes of at least 4 members (excludes halogenated alkanes) is 2. The summed E-state index contributed by atoms with van der Waals surface area (Å²) in [5.41, 5.74) is 3.90. The normalized spacial score (nSPS) is 17.5. The zero-order chi connectivity index (χ0) is 24.6. The van der Waals surface area contributed by atoms with E-state index >= 15 is 0 Å². The number of hydrogen-bond donors (Lipinski definition) is 0. The smallest absolute Gasteiger partial charge is 0.343 e. The fourth-order valence-corrected chi connectivity index (χ4v) is 5.05. The number of nitriles is 1. The summed E-state index contributed by atoms with van der Waals surface area (Å²) in [7, 11) is 0. The third-order valence-corrected chi connectivity index (χ3v) is 7.16. The van der Waals surface area contributed by atoms with Crippen molar-refractivity contribution in [1.82, 2.24) is 0 Å². The summed E-state index contributed by atoms with van der Waals surface area (Å²) in [4.78, 5) is 12.5. The van der Waals surface area contributed by atoms with Crippen molar-refractivity contribution < 1.29 is 13.9 Å². The Kier molecular flexibility index (Phi) is 8.32. The zero-order valence-electron chi connectivity index (χ0n) is 20.3. The second-order valence-electron chi connectivity index (χ2n) is 9.55. The summed E-state index contributed by atoms with van der Waals surface area (Å²) in [6.45, 7) is 2.27. The second-order valence-corrected chi connectivity index (χ2v) is 9.55. The van der Waals surface area contributed by atoms with Crippen LogP contribution in [-0.2, 0) is 0 Å². The number of nitrogens with zero attached hydrogens (tertiary/aromatic N) is 1. The lowest BCUT2D eigenvalue weighted by atomic mass is 9.77. The first kappa shape index (κ1) is 24.7. The van der Waals surface area contributed by atoms with E-state index in [2.05, 4.69) is 31.2 Å². The van der Waals surface area contributed by atoms with E-state index in [1.807, 2.05) is 18.2 Å². The van der Waals surface area contributed by atoms with Crippen molar-refractivity contribution in [3.05, 3.63) is 89.2 Å². The highest BCUT2D eigenvalue weighted by Gasteiger charge is 2.22. The molecule has 0 spiro atoms. The highest BCUT2D eigenvalue weighted by molar-refractivity contribution is 5.92. The van der Waals surface area contributed by atoms with Crippen molar-refractivity contribution in [1.29, 1.82) is 5.26 Å². The van der Waals surface area contributed by atoms with Crippen LogP contribution in [0.3, 0.4) is 0 Å². The van der Waals surface area contributed by atoms with Gasteiger partial charge >= 0.3 is 5.97 Å². The summed E-state index contributed by atoms with van der Waals surface area (Å²) >= 11 is 0. The second kappa shape index (κ2) is 11.8. The minimum Gasteiger partial charge on any atom is -0.422 e. The molecule has 1 fully saturated rings. The van der Waals surface area contributed by atoms with Gasteiger partial charge < -0.3 is 4.74 Å². The molecule has 180 valence electrons. The molecule has 4 heteroatoms. The number of rotatable bonds is 8. The Morgan fingerprint density at radius 3 is 2.23 bits per heavy atom. The summed E-state index contributed by atoms with van der Waals surface area (Å²) in [5.74, 6) is 0.492. The Morgan fingerprint density at radius 1 is 0.943 bits per heavy atom. The van der Waals surface area contributed by atoms with Gasteiger partial charge in [-0.25, -0.2) is 9.18 Å². The minimum atomic E-state index is -0.583. The maximum Gasteiger partial charge on any atom is 0.343 e. The SMILES string of the molecule is CCCCCC1CCC(c2ccc(-c3ccc(C(=O)Oc4ccc(F)cc4C#N)cc3)cc2)CC1. The molecule has 1 aliphatic rings. The minimum absolute atomic E-state index is 0.0139. The number of hydrogen-bond acceptors (Lipinski definition) is 3. The largest absolute Gasteiger partial charge is 0.422 e. The van der Waals surface area contributed by atoms with Crippen molar-refractivity contribution >= 4 is 5.97 Å². The number of carbonyl (C=O) groups is 1. The third kappa shape index (κ3) is 6.36. The van der Waals surface area contributed by atoms with E-state index in [1.54, 1.807) is 12.1 Å². The van der Waals surface area contributed by atoms with Crippen molar-refractivity contribution in [2.45, 2.75) is 64.2 Å². The van der Waals surface area contributed by atoms with Crippen LogP contribution in [0, 0.1) is 23.1 Å². The first-order chi connectivity index (χ1) is 17.1. The molecule has 0 aliphatic heterocycles. The van der Waals surface area contributed by atoms with E-state index in [0.29, 0.717) is 11.5 Å². The molecule has 1 saturated carbocycles. The molecule has 0 unspecified atom stereocenters. The topological polar surface area (TPSA) is 50.1 Å². The molecule has 0 saturated heterocycles. The van der Waals surface area contributed by atoms with Gasteiger partial charge in [0.15, 0.2) is 0 Å². The van der Waals surface area contributed by atoms with Gasteiger partial charge in [-0.2, -0.15) is 5.26 Å².